The monoisotopic (exact) mass is 522 g/mol. The van der Waals surface area contributed by atoms with E-state index in [0.717, 1.165) is 15.9 Å². The van der Waals surface area contributed by atoms with Gasteiger partial charge in [-0.05, 0) is 62.5 Å². The highest BCUT2D eigenvalue weighted by atomic mass is 32.2. The second-order valence-corrected chi connectivity index (χ2v) is 10.4. The van der Waals surface area contributed by atoms with Gasteiger partial charge in [0.1, 0.15) is 4.90 Å². The van der Waals surface area contributed by atoms with Crippen molar-refractivity contribution >= 4 is 27.6 Å². The Labute approximate surface area is 206 Å². The van der Waals surface area contributed by atoms with E-state index in [-0.39, 0.29) is 18.2 Å². The van der Waals surface area contributed by atoms with Gasteiger partial charge in [0, 0.05) is 30.6 Å². The summed E-state index contributed by atoms with van der Waals surface area (Å²) in [5.74, 6) is -0.721. The number of nitrogens with zero attached hydrogens (tertiary/aromatic N) is 4. The fraction of sp³-hybridized carbons (Fsp3) is 0.261. The first kappa shape index (κ1) is 27.0. The van der Waals surface area contributed by atoms with Crippen LogP contribution in [-0.4, -0.2) is 61.3 Å². The Kier molecular flexibility index (Phi) is 7.67. The van der Waals surface area contributed by atoms with Crippen LogP contribution in [0.4, 0.5) is 24.8 Å². The Morgan fingerprint density at radius 3 is 2.28 bits per heavy atom. The predicted octanol–water partition coefficient (Wildman–Crippen LogP) is 3.44. The topological polar surface area (TPSA) is 122 Å². The number of rotatable bonds is 7. The molecule has 1 amide bonds. The van der Waals surface area contributed by atoms with Gasteiger partial charge in [0.15, 0.2) is 0 Å². The van der Waals surface area contributed by atoms with E-state index in [1.807, 2.05) is 0 Å². The molecule has 0 fully saturated rings. The molecule has 0 bridgehead atoms. The molecule has 3 rings (SSSR count). The Bertz CT molecular complexity index is 1380. The maximum Gasteiger partial charge on any atom is 0.416 e. The van der Waals surface area contributed by atoms with Crippen molar-refractivity contribution in [3.05, 3.63) is 65.5 Å². The van der Waals surface area contributed by atoms with Crippen molar-refractivity contribution in [3.8, 4) is 11.1 Å². The highest BCUT2D eigenvalue weighted by Gasteiger charge is 2.33. The van der Waals surface area contributed by atoms with E-state index in [2.05, 4.69) is 15.3 Å². The molecule has 0 aliphatic rings. The second kappa shape index (κ2) is 10.2. The Morgan fingerprint density at radius 1 is 1.06 bits per heavy atom. The van der Waals surface area contributed by atoms with Gasteiger partial charge in [-0.15, -0.1) is 0 Å². The summed E-state index contributed by atoms with van der Waals surface area (Å²) in [4.78, 5) is 22.1. The van der Waals surface area contributed by atoms with Crippen LogP contribution in [0.2, 0.25) is 0 Å². The number of hydrogen-bond acceptors (Lipinski definition) is 7. The van der Waals surface area contributed by atoms with E-state index in [0.29, 0.717) is 23.3 Å². The zero-order valence-electron chi connectivity index (χ0n) is 20.0. The van der Waals surface area contributed by atoms with Gasteiger partial charge in [0.05, 0.1) is 17.9 Å². The molecule has 2 aromatic carbocycles. The number of nitrogens with two attached hydrogens (primary N) is 1. The summed E-state index contributed by atoms with van der Waals surface area (Å²) in [6.07, 6.45) is -1.79. The Morgan fingerprint density at radius 2 is 1.69 bits per heavy atom. The van der Waals surface area contributed by atoms with Crippen molar-refractivity contribution in [2.24, 2.45) is 0 Å². The van der Waals surface area contributed by atoms with Crippen molar-refractivity contribution in [3.63, 3.8) is 0 Å². The summed E-state index contributed by atoms with van der Waals surface area (Å²) >= 11 is 0. The Hall–Kier alpha value is -3.55. The molecule has 0 aliphatic carbocycles. The average Bonchev–Trinajstić information content (AvgIpc) is 2.78. The lowest BCUT2D eigenvalue weighted by atomic mass is 10.00. The standard InChI is InChI=1S/C23H25F3N6O3S/c1-14-5-6-15(9-18(14)16-11-28-22(27)29-12-16)21(33)30-19-10-17(23(24,25)26)7-8-20(19)36(34,35)32(4)13-31(2)3/h5-12H,13H2,1-4H3,(H,30,33)(H2,27,28,29). The minimum absolute atomic E-state index is 0.0261. The molecule has 0 aliphatic heterocycles. The number of aromatic nitrogens is 2. The summed E-state index contributed by atoms with van der Waals surface area (Å²) < 4.78 is 67.4. The van der Waals surface area contributed by atoms with Gasteiger partial charge in [-0.1, -0.05) is 6.07 Å². The van der Waals surface area contributed by atoms with Gasteiger partial charge >= 0.3 is 6.18 Å². The molecule has 0 unspecified atom stereocenters. The number of benzene rings is 2. The van der Waals surface area contributed by atoms with Gasteiger partial charge < -0.3 is 11.1 Å². The van der Waals surface area contributed by atoms with E-state index in [1.54, 1.807) is 32.0 Å². The normalized spacial score (nSPS) is 12.2. The number of nitrogen functional groups attached to an aromatic ring is 1. The molecule has 3 N–H and O–H groups in total. The van der Waals surface area contributed by atoms with Gasteiger partial charge in [0.25, 0.3) is 5.91 Å². The highest BCUT2D eigenvalue weighted by Crippen LogP contribution is 2.35. The van der Waals surface area contributed by atoms with Crippen molar-refractivity contribution in [2.75, 3.05) is 38.9 Å². The molecule has 192 valence electrons. The van der Waals surface area contributed by atoms with Crippen LogP contribution in [0.5, 0.6) is 0 Å². The molecule has 0 atom stereocenters. The molecule has 0 radical (unpaired) electrons. The summed E-state index contributed by atoms with van der Waals surface area (Å²) in [5.41, 5.74) is 5.99. The first-order chi connectivity index (χ1) is 16.7. The van der Waals surface area contributed by atoms with Crippen LogP contribution < -0.4 is 11.1 Å². The summed E-state index contributed by atoms with van der Waals surface area (Å²) in [7, 11) is 0.339. The zero-order chi connectivity index (χ0) is 26.8. The first-order valence-corrected chi connectivity index (χ1v) is 12.0. The number of sulfonamides is 1. The van der Waals surface area contributed by atoms with E-state index >= 15 is 0 Å². The SMILES string of the molecule is Cc1ccc(C(=O)Nc2cc(C(F)(F)F)ccc2S(=O)(=O)N(C)CN(C)C)cc1-c1cnc(N)nc1. The quantitative estimate of drug-likeness (QED) is 0.456. The maximum absolute atomic E-state index is 13.4. The summed E-state index contributed by atoms with van der Waals surface area (Å²) in [6, 6.07) is 6.75. The summed E-state index contributed by atoms with van der Waals surface area (Å²) in [5, 5.41) is 2.35. The zero-order valence-corrected chi connectivity index (χ0v) is 20.8. The molecule has 1 aromatic heterocycles. The van der Waals surface area contributed by atoms with Crippen LogP contribution in [0.25, 0.3) is 11.1 Å². The number of amides is 1. The number of nitrogens with one attached hydrogen (secondary N) is 1. The number of carbonyl (C=O) groups is 1. The third kappa shape index (κ3) is 5.98. The molecular formula is C23H25F3N6O3S. The largest absolute Gasteiger partial charge is 0.416 e. The van der Waals surface area contributed by atoms with E-state index in [4.69, 9.17) is 5.73 Å². The molecule has 9 nitrogen and oxygen atoms in total. The molecular weight excluding hydrogens is 497 g/mol. The molecule has 13 heteroatoms. The number of halogens is 3. The number of aryl methyl sites for hydroxylation is 1. The molecule has 3 aromatic rings. The van der Waals surface area contributed by atoms with Gasteiger partial charge in [-0.25, -0.2) is 18.4 Å². The molecule has 0 saturated carbocycles. The number of carbonyl (C=O) groups excluding carboxylic acids is 1. The first-order valence-electron chi connectivity index (χ1n) is 10.5. The van der Waals surface area contributed by atoms with Crippen molar-refractivity contribution in [2.45, 2.75) is 18.0 Å². The van der Waals surface area contributed by atoms with Gasteiger partial charge in [-0.2, -0.15) is 17.5 Å². The lowest BCUT2D eigenvalue weighted by Crippen LogP contribution is -2.35. The predicted molar refractivity (Wildman–Crippen MR) is 130 cm³/mol. The maximum atomic E-state index is 13.4. The Balaban J connectivity index is 2.05. The minimum atomic E-state index is -4.75. The summed E-state index contributed by atoms with van der Waals surface area (Å²) in [6.45, 7) is 1.77. The van der Waals surface area contributed by atoms with Crippen LogP contribution in [0.1, 0.15) is 21.5 Å². The molecule has 36 heavy (non-hydrogen) atoms. The molecule has 0 saturated heterocycles. The smallest absolute Gasteiger partial charge is 0.368 e. The molecule has 1 heterocycles. The fourth-order valence-electron chi connectivity index (χ4n) is 3.42. The fourth-order valence-corrected chi connectivity index (χ4v) is 4.76. The minimum Gasteiger partial charge on any atom is -0.368 e. The lowest BCUT2D eigenvalue weighted by Gasteiger charge is -2.23. The van der Waals surface area contributed by atoms with Crippen LogP contribution >= 0.6 is 0 Å². The van der Waals surface area contributed by atoms with Crippen LogP contribution in [0, 0.1) is 6.92 Å². The van der Waals surface area contributed by atoms with Crippen molar-refractivity contribution in [1.82, 2.24) is 19.2 Å². The van der Waals surface area contributed by atoms with Crippen LogP contribution in [0.3, 0.4) is 0 Å². The van der Waals surface area contributed by atoms with Crippen LogP contribution in [-0.2, 0) is 16.2 Å². The third-order valence-electron chi connectivity index (χ3n) is 5.21. The van der Waals surface area contributed by atoms with E-state index < -0.39 is 38.3 Å². The second-order valence-electron chi connectivity index (χ2n) is 8.35. The lowest BCUT2D eigenvalue weighted by molar-refractivity contribution is -0.137. The van der Waals surface area contributed by atoms with E-state index in [1.165, 1.54) is 31.6 Å². The van der Waals surface area contributed by atoms with E-state index in [9.17, 15) is 26.4 Å². The number of alkyl halides is 3. The number of anilines is 2. The van der Waals surface area contributed by atoms with Gasteiger partial charge in [0.2, 0.25) is 16.0 Å². The van der Waals surface area contributed by atoms with Crippen molar-refractivity contribution < 1.29 is 26.4 Å². The van der Waals surface area contributed by atoms with Crippen molar-refractivity contribution in [1.29, 1.82) is 0 Å². The number of hydrogen-bond donors (Lipinski definition) is 2. The third-order valence-corrected chi connectivity index (χ3v) is 7.06. The highest BCUT2D eigenvalue weighted by molar-refractivity contribution is 7.89. The van der Waals surface area contributed by atoms with Crippen LogP contribution in [0.15, 0.2) is 53.7 Å². The van der Waals surface area contributed by atoms with Gasteiger partial charge in [-0.3, -0.25) is 9.69 Å². The molecule has 0 spiro atoms. The average molecular weight is 523 g/mol.